The molecule has 17 heavy (non-hydrogen) atoms. The van der Waals surface area contributed by atoms with Gasteiger partial charge in [-0.1, -0.05) is 13.0 Å². The number of hydrogen-bond donors (Lipinski definition) is 0. The molecule has 0 radical (unpaired) electrons. The average Bonchev–Trinajstić information content (AvgIpc) is 2.32. The summed E-state index contributed by atoms with van der Waals surface area (Å²) in [7, 11) is 0. The maximum Gasteiger partial charge on any atom is 0.197 e. The van der Waals surface area contributed by atoms with Crippen molar-refractivity contribution < 1.29 is 13.9 Å². The second kappa shape index (κ2) is 5.74. The van der Waals surface area contributed by atoms with Crippen LogP contribution in [0.2, 0.25) is 0 Å². The first-order valence-electron chi connectivity index (χ1n) is 5.59. The van der Waals surface area contributed by atoms with Crippen molar-refractivity contribution in [2.45, 2.75) is 32.8 Å². The maximum atomic E-state index is 13.8. The predicted octanol–water partition coefficient (Wildman–Crippen LogP) is 3.98. The van der Waals surface area contributed by atoms with Gasteiger partial charge in [0.2, 0.25) is 0 Å². The lowest BCUT2D eigenvalue weighted by molar-refractivity contribution is -0.0118. The van der Waals surface area contributed by atoms with E-state index in [4.69, 9.17) is 4.74 Å². The molecule has 0 bridgehead atoms. The minimum atomic E-state index is -0.962. The summed E-state index contributed by atoms with van der Waals surface area (Å²) in [5, 5.41) is 0. The van der Waals surface area contributed by atoms with Crippen LogP contribution in [0.5, 0.6) is 0 Å². The third kappa shape index (κ3) is 2.93. The Bertz CT molecular complexity index is 420. The molecule has 0 aliphatic carbocycles. The summed E-state index contributed by atoms with van der Waals surface area (Å²) in [5.74, 6) is -0.850. The van der Waals surface area contributed by atoms with Gasteiger partial charge in [-0.2, -0.15) is 0 Å². The smallest absolute Gasteiger partial charge is 0.197 e. The number of benzene rings is 1. The fourth-order valence-electron chi connectivity index (χ4n) is 1.61. The van der Waals surface area contributed by atoms with Crippen molar-refractivity contribution in [1.29, 1.82) is 0 Å². The highest BCUT2D eigenvalue weighted by molar-refractivity contribution is 9.10. The standard InChI is InChI=1S/C13H16BrFO2/c1-4-13(3,17-5-2)12(16)9-7-6-8-10(14)11(9)15/h6-8H,4-5H2,1-3H3. The molecule has 1 unspecified atom stereocenters. The van der Waals surface area contributed by atoms with Crippen molar-refractivity contribution in [3.63, 3.8) is 0 Å². The van der Waals surface area contributed by atoms with Crippen LogP contribution in [0.3, 0.4) is 0 Å². The monoisotopic (exact) mass is 302 g/mol. The van der Waals surface area contributed by atoms with Crippen LogP contribution in [-0.4, -0.2) is 18.0 Å². The predicted molar refractivity (Wildman–Crippen MR) is 68.8 cm³/mol. The molecule has 0 heterocycles. The Kier molecular flexibility index (Phi) is 4.83. The summed E-state index contributed by atoms with van der Waals surface area (Å²) in [6.07, 6.45) is 0.506. The van der Waals surface area contributed by atoms with Crippen LogP contribution in [0.25, 0.3) is 0 Å². The minimum absolute atomic E-state index is 0.0668. The molecule has 2 nitrogen and oxygen atoms in total. The molecule has 0 aliphatic rings. The van der Waals surface area contributed by atoms with Crippen molar-refractivity contribution in [2.75, 3.05) is 6.61 Å². The van der Waals surface area contributed by atoms with Gasteiger partial charge in [-0.3, -0.25) is 4.79 Å². The molecule has 0 aliphatic heterocycles. The van der Waals surface area contributed by atoms with E-state index in [2.05, 4.69) is 15.9 Å². The fraction of sp³-hybridized carbons (Fsp3) is 0.462. The third-order valence-electron chi connectivity index (χ3n) is 2.81. The van der Waals surface area contributed by atoms with Crippen LogP contribution in [0.1, 0.15) is 37.6 Å². The molecule has 0 amide bonds. The van der Waals surface area contributed by atoms with E-state index in [1.54, 1.807) is 19.1 Å². The molecule has 1 atom stereocenters. The number of Topliss-reactive ketones (excluding diaryl/α,β-unsaturated/α-hetero) is 1. The lowest BCUT2D eigenvalue weighted by atomic mass is 9.91. The zero-order chi connectivity index (χ0) is 13.1. The van der Waals surface area contributed by atoms with E-state index < -0.39 is 11.4 Å². The Morgan fingerprint density at radius 2 is 2.12 bits per heavy atom. The first-order valence-corrected chi connectivity index (χ1v) is 6.38. The summed E-state index contributed by atoms with van der Waals surface area (Å²) in [6.45, 7) is 5.78. The molecular formula is C13H16BrFO2. The summed E-state index contributed by atoms with van der Waals surface area (Å²) in [4.78, 5) is 12.3. The van der Waals surface area contributed by atoms with Gasteiger partial charge in [-0.25, -0.2) is 4.39 Å². The van der Waals surface area contributed by atoms with Gasteiger partial charge in [0, 0.05) is 6.61 Å². The first kappa shape index (κ1) is 14.3. The highest BCUT2D eigenvalue weighted by Gasteiger charge is 2.34. The highest BCUT2D eigenvalue weighted by Crippen LogP contribution is 2.26. The summed E-state index contributed by atoms with van der Waals surface area (Å²) in [6, 6.07) is 4.69. The van der Waals surface area contributed by atoms with E-state index in [0.717, 1.165) is 0 Å². The van der Waals surface area contributed by atoms with Crippen LogP contribution < -0.4 is 0 Å². The van der Waals surface area contributed by atoms with Gasteiger partial charge in [-0.15, -0.1) is 0 Å². The second-order valence-corrected chi connectivity index (χ2v) is 4.80. The Morgan fingerprint density at radius 3 is 2.65 bits per heavy atom. The van der Waals surface area contributed by atoms with Crippen LogP contribution >= 0.6 is 15.9 Å². The van der Waals surface area contributed by atoms with E-state index in [1.165, 1.54) is 6.07 Å². The van der Waals surface area contributed by atoms with Gasteiger partial charge in [0.1, 0.15) is 11.4 Å². The van der Waals surface area contributed by atoms with Gasteiger partial charge in [0.15, 0.2) is 5.78 Å². The van der Waals surface area contributed by atoms with Gasteiger partial charge >= 0.3 is 0 Å². The van der Waals surface area contributed by atoms with Crippen molar-refractivity contribution in [3.05, 3.63) is 34.1 Å². The zero-order valence-corrected chi connectivity index (χ0v) is 11.8. The largest absolute Gasteiger partial charge is 0.367 e. The molecule has 0 N–H and O–H groups in total. The van der Waals surface area contributed by atoms with Crippen LogP contribution in [0, 0.1) is 5.82 Å². The Morgan fingerprint density at radius 1 is 1.47 bits per heavy atom. The SMILES string of the molecule is CCOC(C)(CC)C(=O)c1cccc(Br)c1F. The van der Waals surface area contributed by atoms with Gasteiger partial charge in [0.25, 0.3) is 0 Å². The molecule has 4 heteroatoms. The van der Waals surface area contributed by atoms with E-state index in [1.807, 2.05) is 13.8 Å². The van der Waals surface area contributed by atoms with E-state index in [0.29, 0.717) is 17.5 Å². The summed E-state index contributed by atoms with van der Waals surface area (Å²) < 4.78 is 19.6. The van der Waals surface area contributed by atoms with Crippen molar-refractivity contribution >= 4 is 21.7 Å². The fourth-order valence-corrected chi connectivity index (χ4v) is 1.98. The van der Waals surface area contributed by atoms with Crippen LogP contribution in [-0.2, 0) is 4.74 Å². The van der Waals surface area contributed by atoms with Crippen LogP contribution in [0.4, 0.5) is 4.39 Å². The third-order valence-corrected chi connectivity index (χ3v) is 3.43. The van der Waals surface area contributed by atoms with Gasteiger partial charge in [-0.05, 0) is 48.3 Å². The van der Waals surface area contributed by atoms with Gasteiger partial charge < -0.3 is 4.74 Å². The lowest BCUT2D eigenvalue weighted by Gasteiger charge is -2.26. The summed E-state index contributed by atoms with van der Waals surface area (Å²) >= 11 is 3.07. The molecule has 1 rings (SSSR count). The summed E-state index contributed by atoms with van der Waals surface area (Å²) in [5.41, 5.74) is -0.895. The Balaban J connectivity index is 3.15. The first-order chi connectivity index (χ1) is 7.96. The second-order valence-electron chi connectivity index (χ2n) is 3.95. The van der Waals surface area contributed by atoms with Crippen LogP contribution in [0.15, 0.2) is 22.7 Å². The van der Waals surface area contributed by atoms with E-state index in [9.17, 15) is 9.18 Å². The zero-order valence-electron chi connectivity index (χ0n) is 10.2. The van der Waals surface area contributed by atoms with Gasteiger partial charge in [0.05, 0.1) is 10.0 Å². The molecule has 0 spiro atoms. The Labute approximate surface area is 109 Å². The van der Waals surface area contributed by atoms with E-state index >= 15 is 0 Å². The molecule has 0 saturated carbocycles. The quantitative estimate of drug-likeness (QED) is 0.769. The molecular weight excluding hydrogens is 287 g/mol. The molecule has 0 aromatic heterocycles. The number of ether oxygens (including phenoxy) is 1. The molecule has 0 fully saturated rings. The van der Waals surface area contributed by atoms with Crippen molar-refractivity contribution in [3.8, 4) is 0 Å². The lowest BCUT2D eigenvalue weighted by Crippen LogP contribution is -2.38. The minimum Gasteiger partial charge on any atom is -0.367 e. The number of ketones is 1. The average molecular weight is 303 g/mol. The van der Waals surface area contributed by atoms with E-state index in [-0.39, 0.29) is 11.3 Å². The molecule has 1 aromatic rings. The highest BCUT2D eigenvalue weighted by atomic mass is 79.9. The Hall–Kier alpha value is -0.740. The number of hydrogen-bond acceptors (Lipinski definition) is 2. The number of carbonyl (C=O) groups is 1. The normalized spacial score (nSPS) is 14.4. The van der Waals surface area contributed by atoms with Crippen molar-refractivity contribution in [1.82, 2.24) is 0 Å². The van der Waals surface area contributed by atoms with Crippen molar-refractivity contribution in [2.24, 2.45) is 0 Å². The number of rotatable bonds is 5. The molecule has 1 aromatic carbocycles. The topological polar surface area (TPSA) is 26.3 Å². The number of carbonyl (C=O) groups excluding carboxylic acids is 1. The molecule has 94 valence electrons. The maximum absolute atomic E-state index is 13.8. The number of halogens is 2. The molecule has 0 saturated heterocycles.